The van der Waals surface area contributed by atoms with E-state index in [-0.39, 0.29) is 147 Å². The van der Waals surface area contributed by atoms with Crippen LogP contribution >= 0.6 is 46.4 Å². The van der Waals surface area contributed by atoms with Gasteiger partial charge < -0.3 is 64.7 Å². The predicted octanol–water partition coefficient (Wildman–Crippen LogP) is 14.1. The van der Waals surface area contributed by atoms with Crippen molar-refractivity contribution in [1.82, 2.24) is 0 Å². The van der Waals surface area contributed by atoms with Crippen LogP contribution in [0.3, 0.4) is 0 Å². The van der Waals surface area contributed by atoms with E-state index in [4.69, 9.17) is 75.6 Å². The van der Waals surface area contributed by atoms with Crippen LogP contribution in [-0.4, -0.2) is 57.3 Å². The van der Waals surface area contributed by atoms with E-state index in [1.165, 1.54) is 71.0 Å². The van der Waals surface area contributed by atoms with Crippen LogP contribution in [0.15, 0.2) is 170 Å². The van der Waals surface area contributed by atoms with E-state index in [9.17, 15) is 10.2 Å². The molecule has 10 rings (SSSR count). The molecule has 0 amide bonds. The molecule has 3 aliphatic rings. The van der Waals surface area contributed by atoms with Gasteiger partial charge >= 0.3 is 59.1 Å². The number of benzene rings is 7. The molecule has 0 spiro atoms. The number of phenols is 3. The van der Waals surface area contributed by atoms with Crippen molar-refractivity contribution >= 4 is 46.4 Å². The Kier molecular flexibility index (Phi) is 44.1. The molecule has 5 N–H and O–H groups in total. The summed E-state index contributed by atoms with van der Waals surface area (Å²) in [6, 6.07) is 56.5. The molecule has 0 saturated heterocycles. The third-order valence-electron chi connectivity index (χ3n) is 16.8. The molecule has 528 valence electrons. The van der Waals surface area contributed by atoms with E-state index >= 15 is 0 Å². The number of aromatic hydroxyl groups is 3. The Balaban J connectivity index is 0. The Hall–Kier alpha value is -3.49. The fourth-order valence-corrected chi connectivity index (χ4v) is 13.1. The topological polar surface area (TPSA) is 148 Å². The average molecular weight is 1450 g/mol. The van der Waals surface area contributed by atoms with Gasteiger partial charge in [-0.25, -0.2) is 0 Å². The number of phenolic OH excluding ortho intramolecular Hbond substituents is 3. The maximum Gasteiger partial charge on any atom is 1.00 e. The second-order valence-electron chi connectivity index (χ2n) is 29.4. The van der Waals surface area contributed by atoms with Gasteiger partial charge in [-0.2, -0.15) is 0 Å². The number of rotatable bonds is 12. The zero-order valence-corrected chi connectivity index (χ0v) is 69.6. The smallest absolute Gasteiger partial charge is 1.00 e. The fraction of sp³-hybridized carbons (Fsp3) is 0.469. The summed E-state index contributed by atoms with van der Waals surface area (Å²) in [7, 11) is 1.00. The maximum absolute atomic E-state index is 9.67. The van der Waals surface area contributed by atoms with E-state index < -0.39 is 0 Å². The molecular weight excluding hydrogens is 1340 g/mol. The normalized spacial score (nSPS) is 16.3. The van der Waals surface area contributed by atoms with Crippen LogP contribution in [0, 0.1) is 30.1 Å². The molecule has 0 aromatic heterocycles. The monoisotopic (exact) mass is 1450 g/mol. The van der Waals surface area contributed by atoms with E-state index in [0.29, 0.717) is 29.1 Å². The minimum Gasteiger partial charge on any atom is -1.00 e. The van der Waals surface area contributed by atoms with Gasteiger partial charge in [0, 0.05) is 17.9 Å². The van der Waals surface area contributed by atoms with Crippen LogP contribution in [0.25, 0.3) is 0 Å². The number of halogens is 5. The summed E-state index contributed by atoms with van der Waals surface area (Å²) >= 11 is 19.1. The van der Waals surface area contributed by atoms with Gasteiger partial charge in [0.15, 0.2) is 0 Å². The van der Waals surface area contributed by atoms with Gasteiger partial charge in [-0.3, -0.25) is 0 Å². The number of aliphatic hydroxyl groups is 1. The van der Waals surface area contributed by atoms with Crippen molar-refractivity contribution in [1.29, 1.82) is 0 Å². The maximum atomic E-state index is 9.67. The fourth-order valence-electron chi connectivity index (χ4n) is 13.1. The third-order valence-corrected chi connectivity index (χ3v) is 16.8. The van der Waals surface area contributed by atoms with Crippen LogP contribution in [0.1, 0.15) is 201 Å². The summed E-state index contributed by atoms with van der Waals surface area (Å²) in [5.41, 5.74) is 9.66. The number of hydrogen-bond acceptors (Lipinski definition) is 9. The van der Waals surface area contributed by atoms with Crippen molar-refractivity contribution in [3.63, 3.8) is 0 Å². The zero-order chi connectivity index (χ0) is 68.6. The first-order valence-corrected chi connectivity index (χ1v) is 34.4. The molecule has 97 heavy (non-hydrogen) atoms. The first kappa shape index (κ1) is 95.6. The summed E-state index contributed by atoms with van der Waals surface area (Å²) < 4.78 is 23.8. The van der Waals surface area contributed by atoms with Gasteiger partial charge in [0.05, 0.1) is 10.7 Å². The molecule has 0 heterocycles. The molecule has 2 unspecified atom stereocenters. The van der Waals surface area contributed by atoms with E-state index in [1.54, 1.807) is 36.4 Å². The molecule has 7 aromatic rings. The largest absolute Gasteiger partial charge is 1.00 e. The molecule has 0 bridgehead atoms. The molecule has 3 aliphatic carbocycles. The standard InChI is InChI=1S/C43H54O4.C21H26O2.C10H14O.C3H6.2CH2Cl2.CH4O.CH3.ClH.2Na.H2O/c1-31-26-42(8,9)28-43(27-31,34-14-22-38(23-15-34)46-29-44-36-18-10-32(11-19-36)40(2,3)4)35-16-24-39(25-17-35)47-30-45-37-20-12-33(13-21-37)41(5,6)7;1-15-12-20(2,3)14-21(13-15,16-4-8-18(22)9-5-16)17-6-10-19(23)11-7-17;1-10(2,3)8-4-6-9(11)7-5-8;1-2-3-1;2*2-1-3;1-2;;;;;/h10-25,31H,26-30H2,1-9H3;4-11,15,22-23H,12-14H2,1-3H3;4-7,11H,1-3H3;1-3H2;2*1H2;2H,1H3;1H3;1H;;;1H2/q;;;;;;;-1;;2*+1;/p-2. The molecule has 3 saturated carbocycles. The van der Waals surface area contributed by atoms with Crippen molar-refractivity contribution in [3.8, 4) is 40.2 Å². The molecule has 16 heteroatoms. The van der Waals surface area contributed by atoms with Crippen molar-refractivity contribution in [2.45, 2.75) is 189 Å². The molecule has 2 atom stereocenters. The number of ether oxygens (including phenoxy) is 4. The Morgan fingerprint density at radius 1 is 0.371 bits per heavy atom. The van der Waals surface area contributed by atoms with Gasteiger partial charge in [-0.15, -0.1) is 46.4 Å². The molecular formula is C81H112Cl5Na2O9-. The second kappa shape index (κ2) is 44.8. The quantitative estimate of drug-likeness (QED) is 0.0406. The first-order chi connectivity index (χ1) is 43.3. The van der Waals surface area contributed by atoms with Crippen molar-refractivity contribution < 1.29 is 116 Å². The number of aliphatic hydroxyl groups excluding tert-OH is 1. The minimum atomic E-state index is -0.102. The minimum absolute atomic E-state index is 0. The van der Waals surface area contributed by atoms with Gasteiger partial charge in [0.25, 0.3) is 0 Å². The van der Waals surface area contributed by atoms with E-state index in [2.05, 4.69) is 201 Å². The summed E-state index contributed by atoms with van der Waals surface area (Å²) in [5.74, 6) is 5.38. The van der Waals surface area contributed by atoms with Crippen LogP contribution in [0.4, 0.5) is 0 Å². The SMILES string of the molecule is C1CC1.CC(C)(C)c1ccc(O)cc1.CC1CC(C)(C)CC(c2ccc(O)cc2)(c2ccc(O)cc2)C1.CC1CC(C)(C)CC(c2ccc(OCOc3ccc(C(C)(C)C)cc3)cc2)(c2ccc(OCOc3ccc(C(C)(C)C)cc3)cc2)C1.CO.ClCCl.ClCCl.[CH3-].[Cl-].[Na+].[Na+].[OH-]. The third kappa shape index (κ3) is 32.2. The Morgan fingerprint density at radius 3 is 0.753 bits per heavy atom. The summed E-state index contributed by atoms with van der Waals surface area (Å²) in [6.07, 6.45) is 11.3. The molecule has 9 nitrogen and oxygen atoms in total. The molecule has 0 radical (unpaired) electrons. The van der Waals surface area contributed by atoms with Crippen LogP contribution in [-0.2, 0) is 27.1 Å². The van der Waals surface area contributed by atoms with Crippen LogP contribution in [0.2, 0.25) is 0 Å². The zero-order valence-electron chi connectivity index (χ0n) is 61.8. The van der Waals surface area contributed by atoms with Crippen LogP contribution < -0.4 is 90.5 Å². The van der Waals surface area contributed by atoms with Crippen LogP contribution in [0.5, 0.6) is 40.2 Å². The van der Waals surface area contributed by atoms with Gasteiger partial charge in [0.2, 0.25) is 13.6 Å². The van der Waals surface area contributed by atoms with E-state index in [1.807, 2.05) is 36.4 Å². The average Bonchev–Trinajstić information content (AvgIpc) is 1.47. The van der Waals surface area contributed by atoms with Gasteiger partial charge in [0.1, 0.15) is 40.2 Å². The van der Waals surface area contributed by atoms with Gasteiger partial charge in [-0.05, 0) is 201 Å². The Labute approximate surface area is 655 Å². The van der Waals surface area contributed by atoms with Crippen molar-refractivity contribution in [3.05, 3.63) is 216 Å². The second-order valence-corrected chi connectivity index (χ2v) is 31.1. The summed E-state index contributed by atoms with van der Waals surface area (Å²) in [4.78, 5) is 0. The molecule has 3 fully saturated rings. The van der Waals surface area contributed by atoms with Crippen molar-refractivity contribution in [2.75, 3.05) is 31.4 Å². The molecule has 0 aliphatic heterocycles. The first-order valence-electron chi connectivity index (χ1n) is 32.3. The van der Waals surface area contributed by atoms with Gasteiger partial charge in [-0.1, -0.05) is 208 Å². The summed E-state index contributed by atoms with van der Waals surface area (Å²) in [6.45, 7) is 34.3. The number of hydrogen-bond donors (Lipinski definition) is 4. The number of alkyl halides is 4. The summed E-state index contributed by atoms with van der Waals surface area (Å²) in [5, 5.41) is 35.7. The predicted molar refractivity (Wildman–Crippen MR) is 397 cm³/mol. The Morgan fingerprint density at radius 2 is 0.557 bits per heavy atom. The van der Waals surface area contributed by atoms with Crippen molar-refractivity contribution in [2.24, 2.45) is 22.7 Å². The van der Waals surface area contributed by atoms with E-state index in [0.717, 1.165) is 55.8 Å². The Bertz CT molecular complexity index is 3020. The molecule has 7 aromatic carbocycles.